The maximum atomic E-state index is 14.7. The highest BCUT2D eigenvalue weighted by Gasteiger charge is 2.29. The van der Waals surface area contributed by atoms with Gasteiger partial charge in [-0.25, -0.2) is 23.2 Å². The molecule has 0 spiro atoms. The highest BCUT2D eigenvalue weighted by Crippen LogP contribution is 2.38. The molecule has 7 nitrogen and oxygen atoms in total. The van der Waals surface area contributed by atoms with E-state index in [1.807, 2.05) is 0 Å². The molecule has 0 radical (unpaired) electrons. The number of thiazole rings is 1. The number of carboxylic acid groups (broad SMARTS) is 1. The van der Waals surface area contributed by atoms with Crippen molar-refractivity contribution in [2.75, 3.05) is 0 Å². The third-order valence-corrected chi connectivity index (χ3v) is 7.81. The van der Waals surface area contributed by atoms with Gasteiger partial charge in [0.1, 0.15) is 17.2 Å². The average Bonchev–Trinajstić information content (AvgIpc) is 3.46. The van der Waals surface area contributed by atoms with Gasteiger partial charge in [-0.1, -0.05) is 17.9 Å². The maximum Gasteiger partial charge on any atom is 0.355 e. The predicted octanol–water partition coefficient (Wildman–Crippen LogP) is 5.60. The van der Waals surface area contributed by atoms with E-state index in [9.17, 15) is 23.8 Å². The first-order valence-electron chi connectivity index (χ1n) is 12.5. The number of aromatic nitrogens is 3. The van der Waals surface area contributed by atoms with Crippen molar-refractivity contribution < 1.29 is 23.8 Å². The van der Waals surface area contributed by atoms with E-state index in [1.54, 1.807) is 28.9 Å². The van der Waals surface area contributed by atoms with E-state index in [0.29, 0.717) is 45.6 Å². The van der Waals surface area contributed by atoms with Crippen LogP contribution in [0, 0.1) is 29.4 Å². The van der Waals surface area contributed by atoms with Crippen molar-refractivity contribution in [2.24, 2.45) is 11.1 Å². The standard InChI is InChI=1S/C29H26F2N4O3S2/c1-29(2,38)10-9-18-14-19(6-7-21(18)30)26-20(11-17-5-8-25(40-32)22(31)12-17)24(13-16-3-4-16)35(34-26)28-33-23(15-39-28)27(36)37/h5-8,12,14-16,38H,3-4,11,13,32H2,1-2H3,(H,36,37). The quantitative estimate of drug-likeness (QED) is 0.184. The lowest BCUT2D eigenvalue weighted by Gasteiger charge is -2.10. The summed E-state index contributed by atoms with van der Waals surface area (Å²) in [4.78, 5) is 16.2. The Labute approximate surface area is 238 Å². The molecule has 0 bridgehead atoms. The fourth-order valence-electron chi connectivity index (χ4n) is 4.27. The van der Waals surface area contributed by atoms with Gasteiger partial charge in [-0.05, 0) is 86.9 Å². The van der Waals surface area contributed by atoms with E-state index < -0.39 is 23.2 Å². The van der Waals surface area contributed by atoms with Crippen LogP contribution >= 0.6 is 23.3 Å². The number of aromatic carboxylic acids is 1. The van der Waals surface area contributed by atoms with Crippen LogP contribution in [0.5, 0.6) is 0 Å². The number of nitrogens with zero attached hydrogens (tertiary/aromatic N) is 3. The molecule has 2 aromatic carbocycles. The molecule has 2 heterocycles. The maximum absolute atomic E-state index is 14.7. The molecule has 5 rings (SSSR count). The first-order chi connectivity index (χ1) is 19.0. The van der Waals surface area contributed by atoms with Crippen molar-refractivity contribution in [3.8, 4) is 28.2 Å². The highest BCUT2D eigenvalue weighted by atomic mass is 32.2. The average molecular weight is 581 g/mol. The number of nitrogens with two attached hydrogens (primary N) is 1. The van der Waals surface area contributed by atoms with Gasteiger partial charge in [0.15, 0.2) is 5.69 Å². The molecule has 4 aromatic rings. The predicted molar refractivity (Wildman–Crippen MR) is 150 cm³/mol. The topological polar surface area (TPSA) is 114 Å². The Hall–Kier alpha value is -3.56. The molecule has 0 amide bonds. The van der Waals surface area contributed by atoms with Crippen LogP contribution < -0.4 is 5.14 Å². The highest BCUT2D eigenvalue weighted by molar-refractivity contribution is 7.97. The van der Waals surface area contributed by atoms with Crippen molar-refractivity contribution in [3.05, 3.63) is 81.5 Å². The third kappa shape index (κ3) is 6.26. The van der Waals surface area contributed by atoms with Gasteiger partial charge in [-0.3, -0.25) is 5.14 Å². The first kappa shape index (κ1) is 28.0. The Morgan fingerprint density at radius 1 is 1.23 bits per heavy atom. The molecule has 0 unspecified atom stereocenters. The lowest BCUT2D eigenvalue weighted by Crippen LogP contribution is -2.14. The number of carbonyl (C=O) groups is 1. The molecule has 0 saturated heterocycles. The number of halogens is 2. The second kappa shape index (κ2) is 11.1. The molecule has 206 valence electrons. The Bertz CT molecular complexity index is 1660. The van der Waals surface area contributed by atoms with Gasteiger partial charge >= 0.3 is 5.97 Å². The minimum atomic E-state index is -1.31. The summed E-state index contributed by atoms with van der Waals surface area (Å²) in [6.45, 7) is 3.03. The van der Waals surface area contributed by atoms with Crippen LogP contribution in [0.2, 0.25) is 0 Å². The van der Waals surface area contributed by atoms with Crippen LogP contribution in [0.25, 0.3) is 16.4 Å². The van der Waals surface area contributed by atoms with Gasteiger partial charge in [-0.15, -0.1) is 11.3 Å². The largest absolute Gasteiger partial charge is 0.476 e. The molecule has 0 aliphatic heterocycles. The second-order valence-electron chi connectivity index (χ2n) is 10.2. The van der Waals surface area contributed by atoms with Crippen LogP contribution in [0.4, 0.5) is 8.78 Å². The van der Waals surface area contributed by atoms with E-state index >= 15 is 0 Å². The van der Waals surface area contributed by atoms with E-state index in [0.717, 1.165) is 47.4 Å². The molecule has 40 heavy (non-hydrogen) atoms. The van der Waals surface area contributed by atoms with Gasteiger partial charge in [-0.2, -0.15) is 5.10 Å². The molecular weight excluding hydrogens is 554 g/mol. The molecule has 1 aliphatic rings. The van der Waals surface area contributed by atoms with Crippen molar-refractivity contribution in [1.29, 1.82) is 0 Å². The Morgan fingerprint density at radius 2 is 2.00 bits per heavy atom. The fraction of sp³-hybridized carbons (Fsp3) is 0.276. The molecule has 0 atom stereocenters. The van der Waals surface area contributed by atoms with Crippen LogP contribution in [0.15, 0.2) is 46.7 Å². The molecule has 2 aromatic heterocycles. The minimum Gasteiger partial charge on any atom is -0.476 e. The smallest absolute Gasteiger partial charge is 0.355 e. The van der Waals surface area contributed by atoms with Crippen LogP contribution in [0.3, 0.4) is 0 Å². The van der Waals surface area contributed by atoms with Crippen LogP contribution in [-0.4, -0.2) is 36.5 Å². The van der Waals surface area contributed by atoms with Crippen molar-refractivity contribution in [1.82, 2.24) is 14.8 Å². The number of hydrogen-bond donors (Lipinski definition) is 3. The summed E-state index contributed by atoms with van der Waals surface area (Å²) in [5.74, 6) is 3.69. The molecule has 4 N–H and O–H groups in total. The SMILES string of the molecule is CC(C)(O)C#Cc1cc(-c2nn(-c3nc(C(=O)O)cs3)c(CC3CC3)c2Cc2ccc(SN)c(F)c2)ccc1F. The Balaban J connectivity index is 1.70. The van der Waals surface area contributed by atoms with Gasteiger partial charge in [0.05, 0.1) is 21.8 Å². The Morgan fingerprint density at radius 3 is 2.62 bits per heavy atom. The summed E-state index contributed by atoms with van der Waals surface area (Å²) in [5.41, 5.74) is 2.17. The number of hydrogen-bond acceptors (Lipinski definition) is 7. The summed E-state index contributed by atoms with van der Waals surface area (Å²) < 4.78 is 31.0. The normalized spacial score (nSPS) is 13.2. The van der Waals surface area contributed by atoms with Gasteiger partial charge in [0, 0.05) is 22.9 Å². The lowest BCUT2D eigenvalue weighted by molar-refractivity contribution is 0.0691. The van der Waals surface area contributed by atoms with Gasteiger partial charge in [0.25, 0.3) is 0 Å². The molecule has 1 aliphatic carbocycles. The van der Waals surface area contributed by atoms with Crippen LogP contribution in [0.1, 0.15) is 59.6 Å². The molecule has 11 heteroatoms. The van der Waals surface area contributed by atoms with Crippen molar-refractivity contribution >= 4 is 29.3 Å². The minimum absolute atomic E-state index is 0.0844. The fourth-order valence-corrected chi connectivity index (χ4v) is 5.36. The summed E-state index contributed by atoms with van der Waals surface area (Å²) in [5, 5.41) is 31.7. The lowest BCUT2D eigenvalue weighted by atomic mass is 9.96. The zero-order valence-electron chi connectivity index (χ0n) is 21.7. The molecular formula is C29H26F2N4O3S2. The Kier molecular flexibility index (Phi) is 7.79. The number of rotatable bonds is 8. The van der Waals surface area contributed by atoms with E-state index in [2.05, 4.69) is 16.8 Å². The summed E-state index contributed by atoms with van der Waals surface area (Å²) >= 11 is 1.99. The van der Waals surface area contributed by atoms with Crippen LogP contribution in [-0.2, 0) is 12.8 Å². The zero-order chi connectivity index (χ0) is 28.6. The third-order valence-electron chi connectivity index (χ3n) is 6.41. The number of benzene rings is 2. The second-order valence-corrected chi connectivity index (χ2v) is 11.7. The molecule has 1 fully saturated rings. The van der Waals surface area contributed by atoms with Gasteiger partial charge < -0.3 is 10.2 Å². The first-order valence-corrected chi connectivity index (χ1v) is 14.3. The van der Waals surface area contributed by atoms with E-state index in [4.69, 9.17) is 10.2 Å². The number of carboxylic acids is 1. The van der Waals surface area contributed by atoms with E-state index in [-0.39, 0.29) is 11.3 Å². The van der Waals surface area contributed by atoms with Gasteiger partial charge in [0.2, 0.25) is 5.13 Å². The zero-order valence-corrected chi connectivity index (χ0v) is 23.4. The molecule has 1 saturated carbocycles. The summed E-state index contributed by atoms with van der Waals surface area (Å²) in [6, 6.07) is 9.34. The summed E-state index contributed by atoms with van der Waals surface area (Å²) in [7, 11) is 0. The van der Waals surface area contributed by atoms with Crippen molar-refractivity contribution in [3.63, 3.8) is 0 Å². The number of aliphatic hydroxyl groups is 1. The summed E-state index contributed by atoms with van der Waals surface area (Å²) in [6.07, 6.45) is 3.12. The van der Waals surface area contributed by atoms with E-state index in [1.165, 1.54) is 31.4 Å². The monoisotopic (exact) mass is 580 g/mol. The van der Waals surface area contributed by atoms with Crippen molar-refractivity contribution in [2.45, 2.75) is 50.0 Å².